The maximum Gasteiger partial charge on any atom is 0.324 e. The molecule has 2 unspecified atom stereocenters. The van der Waals surface area contributed by atoms with Crippen molar-refractivity contribution in [3.8, 4) is 22.9 Å². The molecule has 33 heavy (non-hydrogen) atoms. The Balaban J connectivity index is 1.34. The first-order valence-electron chi connectivity index (χ1n) is 11.1. The third-order valence-corrected chi connectivity index (χ3v) is 7.19. The first kappa shape index (κ1) is 18.8. The van der Waals surface area contributed by atoms with Crippen LogP contribution in [0.5, 0.6) is 11.8 Å². The molecular formula is C24H22FN7O. The van der Waals surface area contributed by atoms with Gasteiger partial charge >= 0.3 is 6.01 Å². The molecule has 7 rings (SSSR count). The average molecular weight is 443 g/mol. The molecule has 1 aromatic carbocycles. The predicted molar refractivity (Wildman–Crippen MR) is 123 cm³/mol. The van der Waals surface area contributed by atoms with Crippen LogP contribution >= 0.6 is 0 Å². The van der Waals surface area contributed by atoms with Crippen LogP contribution in [0.3, 0.4) is 0 Å². The number of fused-ring (bicyclic) bond motifs is 5. The lowest BCUT2D eigenvalue weighted by Crippen LogP contribution is -2.29. The number of piperidine rings is 1. The van der Waals surface area contributed by atoms with Crippen LogP contribution < -0.4 is 20.7 Å². The van der Waals surface area contributed by atoms with Crippen LogP contribution in [0.4, 0.5) is 15.9 Å². The second-order valence-electron chi connectivity index (χ2n) is 9.06. The average Bonchev–Trinajstić information content (AvgIpc) is 3.29. The highest BCUT2D eigenvalue weighted by Crippen LogP contribution is 2.50. The highest BCUT2D eigenvalue weighted by Gasteiger charge is 2.54. The van der Waals surface area contributed by atoms with Gasteiger partial charge in [0, 0.05) is 55.4 Å². The van der Waals surface area contributed by atoms with Crippen molar-refractivity contribution in [2.45, 2.75) is 12.5 Å². The Morgan fingerprint density at radius 3 is 2.88 bits per heavy atom. The molecule has 3 aromatic heterocycles. The van der Waals surface area contributed by atoms with E-state index in [-0.39, 0.29) is 17.9 Å². The number of benzene rings is 1. The summed E-state index contributed by atoms with van der Waals surface area (Å²) < 4.78 is 20.5. The van der Waals surface area contributed by atoms with Gasteiger partial charge < -0.3 is 25.7 Å². The van der Waals surface area contributed by atoms with E-state index in [0.717, 1.165) is 58.0 Å². The van der Waals surface area contributed by atoms with Gasteiger partial charge in [-0.3, -0.25) is 0 Å². The molecule has 1 saturated heterocycles. The van der Waals surface area contributed by atoms with Crippen LogP contribution in [0.2, 0.25) is 0 Å². The molecule has 8 nitrogen and oxygen atoms in total. The van der Waals surface area contributed by atoms with Gasteiger partial charge in [-0.05, 0) is 47.2 Å². The van der Waals surface area contributed by atoms with Crippen molar-refractivity contribution in [2.24, 2.45) is 17.6 Å². The van der Waals surface area contributed by atoms with Gasteiger partial charge in [-0.1, -0.05) is 0 Å². The molecule has 2 atom stereocenters. The van der Waals surface area contributed by atoms with Crippen LogP contribution in [0.25, 0.3) is 22.2 Å². The van der Waals surface area contributed by atoms with Crippen molar-refractivity contribution in [3.63, 3.8) is 0 Å². The largest absolute Gasteiger partial charge is 0.423 e. The van der Waals surface area contributed by atoms with Gasteiger partial charge in [0.25, 0.3) is 0 Å². The Morgan fingerprint density at radius 2 is 2.06 bits per heavy atom. The Labute approximate surface area is 189 Å². The molecule has 2 aliphatic carbocycles. The summed E-state index contributed by atoms with van der Waals surface area (Å²) in [5, 5.41) is 4.07. The smallest absolute Gasteiger partial charge is 0.324 e. The van der Waals surface area contributed by atoms with E-state index in [9.17, 15) is 4.39 Å². The predicted octanol–water partition coefficient (Wildman–Crippen LogP) is 3.29. The Kier molecular flexibility index (Phi) is 3.79. The molecule has 2 fully saturated rings. The fraction of sp³-hybridized carbons (Fsp3) is 0.292. The zero-order valence-electron chi connectivity index (χ0n) is 18.0. The number of nitrogens with zero attached hydrogens (tertiary/aromatic N) is 4. The lowest BCUT2D eigenvalue weighted by Gasteiger charge is -2.23. The van der Waals surface area contributed by atoms with Gasteiger partial charge in [0.15, 0.2) is 0 Å². The van der Waals surface area contributed by atoms with Crippen molar-refractivity contribution < 1.29 is 9.13 Å². The number of hydrogen-bond acceptors (Lipinski definition) is 7. The van der Waals surface area contributed by atoms with E-state index in [1.165, 1.54) is 6.07 Å². The van der Waals surface area contributed by atoms with Crippen LogP contribution in [-0.4, -0.2) is 46.1 Å². The molecule has 0 amide bonds. The Hall–Kier alpha value is -3.72. The van der Waals surface area contributed by atoms with Crippen molar-refractivity contribution >= 4 is 22.5 Å². The zero-order valence-corrected chi connectivity index (χ0v) is 18.0. The van der Waals surface area contributed by atoms with E-state index in [2.05, 4.69) is 20.2 Å². The van der Waals surface area contributed by atoms with Gasteiger partial charge in [-0.15, -0.1) is 0 Å². The van der Waals surface area contributed by atoms with Gasteiger partial charge in [0.2, 0.25) is 0 Å². The Morgan fingerprint density at radius 1 is 1.21 bits per heavy atom. The van der Waals surface area contributed by atoms with E-state index in [4.69, 9.17) is 20.4 Å². The number of nitrogens with one attached hydrogen (secondary N) is 2. The number of aromatic nitrogens is 4. The highest BCUT2D eigenvalue weighted by atomic mass is 19.1. The number of H-pyrrole nitrogens is 1. The monoisotopic (exact) mass is 443 g/mol. The van der Waals surface area contributed by atoms with Crippen molar-refractivity contribution in [2.75, 3.05) is 30.4 Å². The summed E-state index contributed by atoms with van der Waals surface area (Å²) in [6, 6.07) is 7.49. The quantitative estimate of drug-likeness (QED) is 0.391. The van der Waals surface area contributed by atoms with Crippen LogP contribution in [0.1, 0.15) is 11.3 Å². The van der Waals surface area contributed by atoms with Gasteiger partial charge in [0.1, 0.15) is 23.0 Å². The molecule has 1 saturated carbocycles. The molecule has 0 bridgehead atoms. The molecule has 166 valence electrons. The number of hydrogen-bond donors (Lipinski definition) is 3. The van der Waals surface area contributed by atoms with Gasteiger partial charge in [-0.25, -0.2) is 9.37 Å². The minimum Gasteiger partial charge on any atom is -0.423 e. The van der Waals surface area contributed by atoms with Crippen molar-refractivity contribution in [3.05, 3.63) is 53.7 Å². The summed E-state index contributed by atoms with van der Waals surface area (Å²) in [5.74, 6) is 2.05. The number of nitrogens with two attached hydrogens (primary N) is 1. The maximum atomic E-state index is 14.5. The SMILES string of the molecule is CNc1cc(F)cc2c1Cc1nc(Oc3cnc4[nH]ccc4c3)nc(N3CC4C(N)C4C3)c1-2. The van der Waals surface area contributed by atoms with E-state index in [1.807, 2.05) is 18.3 Å². The number of anilines is 2. The standard InChI is InChI=1S/C24H22FN7O/c1-27-18-6-12(25)5-15-14(18)7-19-20(15)23(32-9-16-17(10-32)21(16)26)31-24(30-19)33-13-4-11-2-3-28-22(11)29-8-13/h2-6,8,16-17,21,27H,7,9-10,26H2,1H3,(H,28,29). The molecule has 1 aliphatic heterocycles. The van der Waals surface area contributed by atoms with Crippen molar-refractivity contribution in [1.82, 2.24) is 19.9 Å². The van der Waals surface area contributed by atoms with Crippen molar-refractivity contribution in [1.29, 1.82) is 0 Å². The summed E-state index contributed by atoms with van der Waals surface area (Å²) in [6.45, 7) is 1.68. The first-order chi connectivity index (χ1) is 16.1. The number of rotatable bonds is 4. The van der Waals surface area contributed by atoms with E-state index in [0.29, 0.717) is 24.0 Å². The highest BCUT2D eigenvalue weighted by molar-refractivity contribution is 5.88. The number of aromatic amines is 1. The molecule has 4 aromatic rings. The lowest BCUT2D eigenvalue weighted by atomic mass is 10.0. The maximum absolute atomic E-state index is 14.5. The van der Waals surface area contributed by atoms with E-state index < -0.39 is 0 Å². The fourth-order valence-corrected chi connectivity index (χ4v) is 5.42. The summed E-state index contributed by atoms with van der Waals surface area (Å²) in [4.78, 5) is 19.3. The summed E-state index contributed by atoms with van der Waals surface area (Å²) in [6.07, 6.45) is 4.08. The molecule has 3 aliphatic rings. The number of ether oxygens (including phenoxy) is 1. The molecule has 4 N–H and O–H groups in total. The van der Waals surface area contributed by atoms with Gasteiger partial charge in [-0.2, -0.15) is 9.97 Å². The van der Waals surface area contributed by atoms with Gasteiger partial charge in [0.05, 0.1) is 11.9 Å². The van der Waals surface area contributed by atoms with Crippen LogP contribution in [-0.2, 0) is 6.42 Å². The zero-order chi connectivity index (χ0) is 22.3. The topological polar surface area (TPSA) is 105 Å². The number of halogens is 1. The molecule has 0 radical (unpaired) electrons. The Bertz CT molecular complexity index is 1420. The van der Waals surface area contributed by atoms with Crippen LogP contribution in [0.15, 0.2) is 36.7 Å². The minimum atomic E-state index is -0.283. The molecular weight excluding hydrogens is 421 g/mol. The second kappa shape index (κ2) is 6.64. The summed E-state index contributed by atoms with van der Waals surface area (Å²) >= 11 is 0. The normalized spacial score (nSPS) is 22.3. The molecule has 4 heterocycles. The minimum absolute atomic E-state index is 0.268. The third kappa shape index (κ3) is 2.82. The lowest BCUT2D eigenvalue weighted by molar-refractivity contribution is 0.439. The third-order valence-electron chi connectivity index (χ3n) is 7.19. The van der Waals surface area contributed by atoms with E-state index in [1.54, 1.807) is 19.3 Å². The first-order valence-corrected chi connectivity index (χ1v) is 11.1. The molecule has 9 heteroatoms. The summed E-state index contributed by atoms with van der Waals surface area (Å²) in [7, 11) is 1.80. The summed E-state index contributed by atoms with van der Waals surface area (Å²) in [5.41, 5.74) is 11.3. The van der Waals surface area contributed by atoms with E-state index >= 15 is 0 Å². The molecule has 0 spiro atoms. The number of pyridine rings is 1. The fourth-order valence-electron chi connectivity index (χ4n) is 5.42. The van der Waals surface area contributed by atoms with Crippen LogP contribution in [0, 0.1) is 17.7 Å². The second-order valence-corrected chi connectivity index (χ2v) is 9.06.